The molecule has 1 aromatic heterocycles. The summed E-state index contributed by atoms with van der Waals surface area (Å²) in [7, 11) is 0. The monoisotopic (exact) mass is 543 g/mol. The minimum Gasteiger partial charge on any atom is -0.454 e. The minimum atomic E-state index is -0.218. The Labute approximate surface area is 233 Å². The third-order valence-electron chi connectivity index (χ3n) is 7.64. The predicted molar refractivity (Wildman–Crippen MR) is 148 cm³/mol. The van der Waals surface area contributed by atoms with Crippen LogP contribution in [0.25, 0.3) is 11.3 Å². The number of amides is 2. The molecule has 2 aromatic carbocycles. The SMILES string of the molecule is Cc1ccc(-c2ccc(N3CCN(C(=O)CN(C[C@@H]4CCCO4)C(=O)c4ccc5c(c4)OCO5)CC3)nn2)cc1. The van der Waals surface area contributed by atoms with E-state index in [9.17, 15) is 9.59 Å². The van der Waals surface area contributed by atoms with Gasteiger partial charge in [0, 0.05) is 50.5 Å². The lowest BCUT2D eigenvalue weighted by Crippen LogP contribution is -2.52. The second-order valence-corrected chi connectivity index (χ2v) is 10.4. The molecule has 0 radical (unpaired) electrons. The van der Waals surface area contributed by atoms with Crippen LogP contribution in [0, 0.1) is 6.92 Å². The van der Waals surface area contributed by atoms with Crippen LogP contribution in [-0.4, -0.2) is 90.6 Å². The van der Waals surface area contributed by atoms with Gasteiger partial charge in [-0.25, -0.2) is 0 Å². The second kappa shape index (κ2) is 11.5. The number of anilines is 1. The van der Waals surface area contributed by atoms with Crippen molar-refractivity contribution < 1.29 is 23.8 Å². The number of fused-ring (bicyclic) bond motifs is 1. The molecule has 0 bridgehead atoms. The van der Waals surface area contributed by atoms with E-state index in [0.29, 0.717) is 56.4 Å². The Bertz CT molecular complexity index is 1350. The van der Waals surface area contributed by atoms with Gasteiger partial charge < -0.3 is 28.9 Å². The van der Waals surface area contributed by atoms with Gasteiger partial charge in [0.15, 0.2) is 17.3 Å². The first-order valence-electron chi connectivity index (χ1n) is 13.8. The van der Waals surface area contributed by atoms with E-state index in [0.717, 1.165) is 29.9 Å². The second-order valence-electron chi connectivity index (χ2n) is 10.4. The van der Waals surface area contributed by atoms with Crippen LogP contribution in [0.4, 0.5) is 5.82 Å². The molecule has 0 unspecified atom stereocenters. The zero-order chi connectivity index (χ0) is 27.5. The third-order valence-corrected chi connectivity index (χ3v) is 7.64. The molecule has 208 valence electrons. The summed E-state index contributed by atoms with van der Waals surface area (Å²) in [5.74, 6) is 1.66. The molecule has 1 atom stereocenters. The molecule has 0 spiro atoms. The number of benzene rings is 2. The molecular formula is C30H33N5O5. The standard InChI is InChI=1S/C30H33N5O5/c1-21-4-6-22(7-5-21)25-9-11-28(32-31-25)33-12-14-34(15-13-33)29(36)19-35(18-24-3-2-16-38-24)30(37)23-8-10-26-27(17-23)40-20-39-26/h4-11,17,24H,2-3,12-16,18-20H2,1H3/t24-/m0/s1. The number of hydrogen-bond donors (Lipinski definition) is 0. The summed E-state index contributed by atoms with van der Waals surface area (Å²) in [5, 5.41) is 8.87. The summed E-state index contributed by atoms with van der Waals surface area (Å²) in [6.07, 6.45) is 1.77. The third kappa shape index (κ3) is 5.72. The van der Waals surface area contributed by atoms with Crippen LogP contribution < -0.4 is 14.4 Å². The Morgan fingerprint density at radius 3 is 2.48 bits per heavy atom. The number of carbonyl (C=O) groups excluding carboxylic acids is 2. The van der Waals surface area contributed by atoms with Gasteiger partial charge in [0.25, 0.3) is 5.91 Å². The van der Waals surface area contributed by atoms with Crippen molar-refractivity contribution in [3.05, 3.63) is 65.7 Å². The number of rotatable bonds is 7. The quantitative estimate of drug-likeness (QED) is 0.449. The van der Waals surface area contributed by atoms with Crippen LogP contribution in [0.3, 0.4) is 0 Å². The molecule has 0 aliphatic carbocycles. The van der Waals surface area contributed by atoms with Crippen molar-refractivity contribution >= 4 is 17.6 Å². The largest absolute Gasteiger partial charge is 0.454 e. The molecular weight excluding hydrogens is 510 g/mol. The Kier molecular flexibility index (Phi) is 7.50. The molecule has 40 heavy (non-hydrogen) atoms. The highest BCUT2D eigenvalue weighted by molar-refractivity contribution is 5.97. The number of piperazine rings is 1. The smallest absolute Gasteiger partial charge is 0.254 e. The molecule has 0 N–H and O–H groups in total. The molecule has 10 nitrogen and oxygen atoms in total. The molecule has 0 saturated carbocycles. The molecule has 2 fully saturated rings. The number of ether oxygens (including phenoxy) is 3. The van der Waals surface area contributed by atoms with Crippen LogP contribution in [-0.2, 0) is 9.53 Å². The first kappa shape index (κ1) is 26.1. The van der Waals surface area contributed by atoms with Gasteiger partial charge in [-0.1, -0.05) is 29.8 Å². The van der Waals surface area contributed by atoms with E-state index in [2.05, 4.69) is 34.2 Å². The Morgan fingerprint density at radius 1 is 0.950 bits per heavy atom. The van der Waals surface area contributed by atoms with E-state index in [1.165, 1.54) is 5.56 Å². The molecule has 6 rings (SSSR count). The number of aryl methyl sites for hydroxylation is 1. The van der Waals surface area contributed by atoms with Gasteiger partial charge >= 0.3 is 0 Å². The summed E-state index contributed by atoms with van der Waals surface area (Å²) >= 11 is 0. The van der Waals surface area contributed by atoms with Gasteiger partial charge in [-0.2, -0.15) is 0 Å². The van der Waals surface area contributed by atoms with E-state index >= 15 is 0 Å². The fraction of sp³-hybridized carbons (Fsp3) is 0.400. The average molecular weight is 544 g/mol. The maximum atomic E-state index is 13.5. The summed E-state index contributed by atoms with van der Waals surface area (Å²) in [6, 6.07) is 17.3. The number of nitrogens with zero attached hydrogens (tertiary/aromatic N) is 5. The molecule has 3 aliphatic rings. The Hall–Kier alpha value is -4.18. The summed E-state index contributed by atoms with van der Waals surface area (Å²) in [4.78, 5) is 32.5. The van der Waals surface area contributed by atoms with Crippen LogP contribution in [0.15, 0.2) is 54.6 Å². The van der Waals surface area contributed by atoms with Crippen molar-refractivity contribution in [2.45, 2.75) is 25.9 Å². The molecule has 10 heteroatoms. The molecule has 2 saturated heterocycles. The number of hydrogen-bond acceptors (Lipinski definition) is 8. The first-order valence-corrected chi connectivity index (χ1v) is 13.8. The van der Waals surface area contributed by atoms with Gasteiger partial charge in [0.2, 0.25) is 12.7 Å². The van der Waals surface area contributed by atoms with Crippen molar-refractivity contribution in [3.8, 4) is 22.8 Å². The fourth-order valence-corrected chi connectivity index (χ4v) is 5.29. The molecule has 3 aliphatic heterocycles. The maximum Gasteiger partial charge on any atom is 0.254 e. The zero-order valence-electron chi connectivity index (χ0n) is 22.6. The Balaban J connectivity index is 1.08. The van der Waals surface area contributed by atoms with Crippen LogP contribution in [0.1, 0.15) is 28.8 Å². The maximum absolute atomic E-state index is 13.5. The van der Waals surface area contributed by atoms with Gasteiger partial charge in [-0.3, -0.25) is 9.59 Å². The lowest BCUT2D eigenvalue weighted by Gasteiger charge is -2.36. The lowest BCUT2D eigenvalue weighted by atomic mass is 10.1. The highest BCUT2D eigenvalue weighted by Gasteiger charge is 2.29. The van der Waals surface area contributed by atoms with Crippen LogP contribution in [0.5, 0.6) is 11.5 Å². The average Bonchev–Trinajstić information content (AvgIpc) is 3.69. The van der Waals surface area contributed by atoms with Crippen molar-refractivity contribution in [1.82, 2.24) is 20.0 Å². The molecule has 2 amide bonds. The predicted octanol–water partition coefficient (Wildman–Crippen LogP) is 3.15. The van der Waals surface area contributed by atoms with Gasteiger partial charge in [0.05, 0.1) is 11.8 Å². The van der Waals surface area contributed by atoms with E-state index < -0.39 is 0 Å². The molecule has 3 aromatic rings. The van der Waals surface area contributed by atoms with Crippen molar-refractivity contribution in [2.75, 3.05) is 57.6 Å². The van der Waals surface area contributed by atoms with E-state index in [1.54, 1.807) is 23.1 Å². The van der Waals surface area contributed by atoms with E-state index in [1.807, 2.05) is 29.2 Å². The zero-order valence-corrected chi connectivity index (χ0v) is 22.6. The van der Waals surface area contributed by atoms with Crippen LogP contribution in [0.2, 0.25) is 0 Å². The highest BCUT2D eigenvalue weighted by atomic mass is 16.7. The van der Waals surface area contributed by atoms with Crippen molar-refractivity contribution in [1.29, 1.82) is 0 Å². The van der Waals surface area contributed by atoms with E-state index in [4.69, 9.17) is 14.2 Å². The summed E-state index contributed by atoms with van der Waals surface area (Å²) < 4.78 is 16.6. The number of carbonyl (C=O) groups is 2. The minimum absolute atomic E-state index is 0.00180. The van der Waals surface area contributed by atoms with Gasteiger partial charge in [0.1, 0.15) is 6.54 Å². The number of aromatic nitrogens is 2. The van der Waals surface area contributed by atoms with Gasteiger partial charge in [-0.15, -0.1) is 10.2 Å². The Morgan fingerprint density at radius 2 is 1.75 bits per heavy atom. The normalized spacial score (nSPS) is 18.2. The first-order chi connectivity index (χ1) is 19.5. The van der Waals surface area contributed by atoms with Crippen molar-refractivity contribution in [2.24, 2.45) is 0 Å². The topological polar surface area (TPSA) is 97.3 Å². The van der Waals surface area contributed by atoms with Gasteiger partial charge in [-0.05, 0) is 50.1 Å². The van der Waals surface area contributed by atoms with E-state index in [-0.39, 0.29) is 31.3 Å². The van der Waals surface area contributed by atoms with Crippen molar-refractivity contribution in [3.63, 3.8) is 0 Å². The lowest BCUT2D eigenvalue weighted by molar-refractivity contribution is -0.132. The highest BCUT2D eigenvalue weighted by Crippen LogP contribution is 2.33. The fourth-order valence-electron chi connectivity index (χ4n) is 5.29. The summed E-state index contributed by atoms with van der Waals surface area (Å²) in [6.45, 7) is 5.64. The van der Waals surface area contributed by atoms with Crippen LogP contribution >= 0.6 is 0 Å². The summed E-state index contributed by atoms with van der Waals surface area (Å²) in [5.41, 5.74) is 3.53. The molecule has 4 heterocycles.